The molecule has 8 heteroatoms. The summed E-state index contributed by atoms with van der Waals surface area (Å²) in [6.45, 7) is 3.16. The van der Waals surface area contributed by atoms with Gasteiger partial charge in [0.05, 0.1) is 6.54 Å². The molecule has 0 aromatic carbocycles. The lowest BCUT2D eigenvalue weighted by atomic mass is 9.95. The van der Waals surface area contributed by atoms with Crippen LogP contribution >= 0.6 is 0 Å². The molecule has 0 aliphatic carbocycles. The molecule has 3 fully saturated rings. The molecule has 0 N–H and O–H groups in total. The number of aryl methyl sites for hydroxylation is 1. The van der Waals surface area contributed by atoms with Crippen molar-refractivity contribution in [3.8, 4) is 0 Å². The van der Waals surface area contributed by atoms with Crippen molar-refractivity contribution < 1.29 is 4.79 Å². The Morgan fingerprint density at radius 1 is 1.17 bits per heavy atom. The number of aromatic nitrogens is 5. The van der Waals surface area contributed by atoms with Crippen LogP contribution in [0.2, 0.25) is 0 Å². The summed E-state index contributed by atoms with van der Waals surface area (Å²) in [5, 5.41) is 4.06. The summed E-state index contributed by atoms with van der Waals surface area (Å²) in [4.78, 5) is 29.6. The Kier molecular flexibility index (Phi) is 4.10. The predicted molar refractivity (Wildman–Crippen MR) is 87.1 cm³/mol. The minimum atomic E-state index is 0.205. The number of anilines is 1. The number of fused-ring (bicyclic) bond motifs is 4. The smallest absolute Gasteiger partial charge is 0.225 e. The summed E-state index contributed by atoms with van der Waals surface area (Å²) in [6.07, 6.45) is 9.39. The van der Waals surface area contributed by atoms with Gasteiger partial charge in [-0.3, -0.25) is 9.48 Å². The maximum absolute atomic E-state index is 12.7. The highest BCUT2D eigenvalue weighted by Crippen LogP contribution is 2.29. The van der Waals surface area contributed by atoms with Gasteiger partial charge < -0.3 is 9.80 Å². The van der Waals surface area contributed by atoms with Crippen LogP contribution in [-0.4, -0.2) is 61.2 Å². The van der Waals surface area contributed by atoms with E-state index in [-0.39, 0.29) is 11.9 Å². The Morgan fingerprint density at radius 3 is 2.83 bits per heavy atom. The van der Waals surface area contributed by atoms with Gasteiger partial charge in [-0.1, -0.05) is 0 Å². The highest BCUT2D eigenvalue weighted by molar-refractivity contribution is 5.76. The molecule has 3 saturated heterocycles. The first-order chi connectivity index (χ1) is 11.8. The molecule has 3 aliphatic heterocycles. The maximum atomic E-state index is 12.7. The Morgan fingerprint density at radius 2 is 2.04 bits per heavy atom. The van der Waals surface area contributed by atoms with Crippen molar-refractivity contribution in [2.75, 3.05) is 24.5 Å². The number of carbonyl (C=O) groups excluding carboxylic acids is 1. The van der Waals surface area contributed by atoms with Crippen molar-refractivity contribution in [2.45, 2.75) is 31.8 Å². The van der Waals surface area contributed by atoms with Crippen molar-refractivity contribution >= 4 is 11.9 Å². The molecule has 24 heavy (non-hydrogen) atoms. The number of nitrogens with zero attached hydrogens (tertiary/aromatic N) is 7. The van der Waals surface area contributed by atoms with Gasteiger partial charge in [-0.2, -0.15) is 5.10 Å². The molecule has 2 aromatic heterocycles. The summed E-state index contributed by atoms with van der Waals surface area (Å²) in [6, 6.07) is 2.08. The standard InChI is InChI=1S/C16H21N7O/c24-15(4-7-22-12-17-11-20-22)23-9-13-2-3-14(23)10-21(8-13)16-18-5-1-6-19-16/h1,5-6,11-14H,2-4,7-10H2/t13-,14+/m0/s1. The van der Waals surface area contributed by atoms with Gasteiger partial charge >= 0.3 is 0 Å². The van der Waals surface area contributed by atoms with Gasteiger partial charge in [-0.25, -0.2) is 15.0 Å². The first-order valence-electron chi connectivity index (χ1n) is 8.43. The molecule has 1 amide bonds. The second-order valence-corrected chi connectivity index (χ2v) is 6.51. The van der Waals surface area contributed by atoms with Crippen LogP contribution in [0.4, 0.5) is 5.95 Å². The van der Waals surface area contributed by atoms with E-state index in [1.807, 2.05) is 6.07 Å². The van der Waals surface area contributed by atoms with Crippen LogP contribution < -0.4 is 4.90 Å². The van der Waals surface area contributed by atoms with E-state index in [1.165, 1.54) is 12.7 Å². The van der Waals surface area contributed by atoms with Crippen molar-refractivity contribution in [3.05, 3.63) is 31.1 Å². The monoisotopic (exact) mass is 327 g/mol. The lowest BCUT2D eigenvalue weighted by Gasteiger charge is -2.36. The van der Waals surface area contributed by atoms with Crippen LogP contribution in [0.3, 0.4) is 0 Å². The van der Waals surface area contributed by atoms with Gasteiger partial charge in [0.25, 0.3) is 0 Å². The van der Waals surface area contributed by atoms with Crippen LogP contribution in [0.5, 0.6) is 0 Å². The number of rotatable bonds is 4. The van der Waals surface area contributed by atoms with E-state index in [2.05, 4.69) is 29.9 Å². The van der Waals surface area contributed by atoms with E-state index < -0.39 is 0 Å². The molecular weight excluding hydrogens is 306 g/mol. The topological polar surface area (TPSA) is 80.0 Å². The Bertz CT molecular complexity index is 675. The van der Waals surface area contributed by atoms with Crippen LogP contribution in [0, 0.1) is 5.92 Å². The van der Waals surface area contributed by atoms with Gasteiger partial charge in [-0.05, 0) is 24.8 Å². The summed E-state index contributed by atoms with van der Waals surface area (Å²) in [5.41, 5.74) is 0. The zero-order valence-electron chi connectivity index (χ0n) is 13.5. The summed E-state index contributed by atoms with van der Waals surface area (Å²) >= 11 is 0. The lowest BCUT2D eigenvalue weighted by Crippen LogP contribution is -2.47. The van der Waals surface area contributed by atoms with Gasteiger partial charge in [0, 0.05) is 44.5 Å². The molecule has 8 nitrogen and oxygen atoms in total. The van der Waals surface area contributed by atoms with Crippen LogP contribution in [0.1, 0.15) is 19.3 Å². The van der Waals surface area contributed by atoms with Crippen molar-refractivity contribution in [1.82, 2.24) is 29.6 Å². The highest BCUT2D eigenvalue weighted by atomic mass is 16.2. The largest absolute Gasteiger partial charge is 0.338 e. The number of hydrogen-bond donors (Lipinski definition) is 0. The van der Waals surface area contributed by atoms with E-state index >= 15 is 0 Å². The fraction of sp³-hybridized carbons (Fsp3) is 0.562. The summed E-state index contributed by atoms with van der Waals surface area (Å²) < 4.78 is 1.71. The average Bonchev–Trinajstić information content (AvgIpc) is 2.98. The Hall–Kier alpha value is -2.51. The molecule has 2 atom stereocenters. The zero-order chi connectivity index (χ0) is 16.4. The van der Waals surface area contributed by atoms with Crippen LogP contribution in [-0.2, 0) is 11.3 Å². The molecule has 0 spiro atoms. The molecule has 2 aromatic rings. The normalized spacial score (nSPS) is 23.3. The SMILES string of the molecule is O=C(CCn1cncn1)N1C[C@H]2CC[C@@H]1CN(c1ncccn1)C2. The zero-order valence-corrected chi connectivity index (χ0v) is 13.5. The van der Waals surface area contributed by atoms with E-state index in [0.717, 1.165) is 32.0 Å². The van der Waals surface area contributed by atoms with E-state index in [9.17, 15) is 4.79 Å². The quantitative estimate of drug-likeness (QED) is 0.817. The molecule has 3 aliphatic rings. The van der Waals surface area contributed by atoms with E-state index in [0.29, 0.717) is 18.9 Å². The fourth-order valence-corrected chi connectivity index (χ4v) is 3.71. The second-order valence-electron chi connectivity index (χ2n) is 6.51. The first-order valence-corrected chi connectivity index (χ1v) is 8.43. The van der Waals surface area contributed by atoms with E-state index in [1.54, 1.807) is 23.4 Å². The Labute approximate surface area is 140 Å². The number of hydrogen-bond acceptors (Lipinski definition) is 6. The fourth-order valence-electron chi connectivity index (χ4n) is 3.71. The summed E-state index contributed by atoms with van der Waals surface area (Å²) in [5.74, 6) is 1.46. The van der Waals surface area contributed by atoms with Crippen molar-refractivity contribution in [3.63, 3.8) is 0 Å². The molecule has 5 rings (SSSR count). The maximum Gasteiger partial charge on any atom is 0.225 e. The third-order valence-corrected chi connectivity index (χ3v) is 4.89. The van der Waals surface area contributed by atoms with Crippen LogP contribution in [0.15, 0.2) is 31.1 Å². The molecular formula is C16H21N7O. The summed E-state index contributed by atoms with van der Waals surface area (Å²) in [7, 11) is 0. The second kappa shape index (κ2) is 6.54. The van der Waals surface area contributed by atoms with Gasteiger partial charge in [-0.15, -0.1) is 0 Å². The van der Waals surface area contributed by atoms with Gasteiger partial charge in [0.15, 0.2) is 0 Å². The molecule has 2 bridgehead atoms. The molecule has 0 saturated carbocycles. The minimum absolute atomic E-state index is 0.205. The Balaban J connectivity index is 1.43. The molecule has 5 heterocycles. The van der Waals surface area contributed by atoms with E-state index in [4.69, 9.17) is 0 Å². The van der Waals surface area contributed by atoms with Gasteiger partial charge in [0.1, 0.15) is 12.7 Å². The third kappa shape index (κ3) is 3.08. The molecule has 0 radical (unpaired) electrons. The van der Waals surface area contributed by atoms with Crippen molar-refractivity contribution in [1.29, 1.82) is 0 Å². The lowest BCUT2D eigenvalue weighted by molar-refractivity contribution is -0.135. The number of amides is 1. The van der Waals surface area contributed by atoms with Gasteiger partial charge in [0.2, 0.25) is 11.9 Å². The average molecular weight is 327 g/mol. The first kappa shape index (κ1) is 15.0. The molecule has 126 valence electrons. The molecule has 0 unspecified atom stereocenters. The minimum Gasteiger partial charge on any atom is -0.338 e. The van der Waals surface area contributed by atoms with Crippen molar-refractivity contribution in [2.24, 2.45) is 5.92 Å². The third-order valence-electron chi connectivity index (χ3n) is 4.89. The predicted octanol–water partition coefficient (Wildman–Crippen LogP) is 0.586. The number of piperidine rings is 1. The van der Waals surface area contributed by atoms with Crippen LogP contribution in [0.25, 0.3) is 0 Å². The highest BCUT2D eigenvalue weighted by Gasteiger charge is 2.37. The number of carbonyl (C=O) groups is 1.